The average Bonchev–Trinajstić information content (AvgIpc) is 2.49. The van der Waals surface area contributed by atoms with E-state index in [-0.39, 0.29) is 11.3 Å². The normalized spacial score (nSPS) is 26.2. The highest BCUT2D eigenvalue weighted by atomic mass is 16.2. The van der Waals surface area contributed by atoms with Crippen molar-refractivity contribution in [1.82, 2.24) is 10.3 Å². The van der Waals surface area contributed by atoms with E-state index in [1.807, 2.05) is 18.3 Å². The Kier molecular flexibility index (Phi) is 5.12. The highest BCUT2D eigenvalue weighted by molar-refractivity contribution is 5.83. The second-order valence-corrected chi connectivity index (χ2v) is 6.03. The minimum atomic E-state index is -0.332. The summed E-state index contributed by atoms with van der Waals surface area (Å²) in [6, 6.07) is 3.95. The molecule has 0 aromatic carbocycles. The van der Waals surface area contributed by atoms with E-state index >= 15 is 0 Å². The van der Waals surface area contributed by atoms with Crippen molar-refractivity contribution in [2.75, 3.05) is 13.1 Å². The van der Waals surface area contributed by atoms with Gasteiger partial charge in [-0.25, -0.2) is 0 Å². The fourth-order valence-corrected chi connectivity index (χ4v) is 2.89. The van der Waals surface area contributed by atoms with Gasteiger partial charge < -0.3 is 11.1 Å². The fourth-order valence-electron chi connectivity index (χ4n) is 2.89. The van der Waals surface area contributed by atoms with E-state index in [2.05, 4.69) is 17.2 Å². The first-order valence-corrected chi connectivity index (χ1v) is 7.53. The van der Waals surface area contributed by atoms with Crippen LogP contribution in [0.3, 0.4) is 0 Å². The maximum absolute atomic E-state index is 12.4. The van der Waals surface area contributed by atoms with Crippen molar-refractivity contribution in [3.8, 4) is 0 Å². The van der Waals surface area contributed by atoms with Crippen molar-refractivity contribution in [1.29, 1.82) is 0 Å². The number of hydrogen-bond donors (Lipinski definition) is 2. The van der Waals surface area contributed by atoms with Crippen LogP contribution in [-0.2, 0) is 11.2 Å². The molecule has 0 radical (unpaired) electrons. The zero-order valence-corrected chi connectivity index (χ0v) is 12.3. The van der Waals surface area contributed by atoms with E-state index < -0.39 is 0 Å². The van der Waals surface area contributed by atoms with Crippen molar-refractivity contribution < 1.29 is 4.79 Å². The molecule has 1 amide bonds. The Balaban J connectivity index is 1.84. The first-order chi connectivity index (χ1) is 9.66. The lowest BCUT2D eigenvalue weighted by Crippen LogP contribution is -2.48. The van der Waals surface area contributed by atoms with Gasteiger partial charge in [0.2, 0.25) is 5.91 Å². The summed E-state index contributed by atoms with van der Waals surface area (Å²) in [4.78, 5) is 16.5. The molecule has 1 aliphatic carbocycles. The van der Waals surface area contributed by atoms with Gasteiger partial charge in [-0.3, -0.25) is 9.78 Å². The molecule has 1 aromatic heterocycles. The fraction of sp³-hybridized carbons (Fsp3) is 0.625. The minimum absolute atomic E-state index is 0.135. The van der Waals surface area contributed by atoms with E-state index in [9.17, 15) is 4.79 Å². The molecule has 1 fully saturated rings. The number of carbonyl (C=O) groups is 1. The quantitative estimate of drug-likeness (QED) is 0.862. The summed E-state index contributed by atoms with van der Waals surface area (Å²) in [5, 5.41) is 3.06. The Bertz CT molecular complexity index is 425. The minimum Gasteiger partial charge on any atom is -0.355 e. The molecule has 0 unspecified atom stereocenters. The van der Waals surface area contributed by atoms with Crippen molar-refractivity contribution in [3.63, 3.8) is 0 Å². The predicted molar refractivity (Wildman–Crippen MR) is 80.1 cm³/mol. The van der Waals surface area contributed by atoms with Gasteiger partial charge in [-0.1, -0.05) is 13.0 Å². The highest BCUT2D eigenvalue weighted by Crippen LogP contribution is 2.38. The van der Waals surface area contributed by atoms with Crippen LogP contribution in [0, 0.1) is 11.3 Å². The van der Waals surface area contributed by atoms with Crippen LogP contribution in [0.25, 0.3) is 0 Å². The summed E-state index contributed by atoms with van der Waals surface area (Å²) < 4.78 is 0. The van der Waals surface area contributed by atoms with E-state index in [1.54, 1.807) is 6.20 Å². The third kappa shape index (κ3) is 3.57. The molecule has 0 aliphatic heterocycles. The molecule has 4 nitrogen and oxygen atoms in total. The van der Waals surface area contributed by atoms with Crippen LogP contribution in [0.1, 0.15) is 38.2 Å². The average molecular weight is 275 g/mol. The summed E-state index contributed by atoms with van der Waals surface area (Å²) in [6.45, 7) is 3.36. The smallest absolute Gasteiger partial charge is 0.227 e. The lowest BCUT2D eigenvalue weighted by molar-refractivity contribution is -0.132. The van der Waals surface area contributed by atoms with Crippen LogP contribution in [0.4, 0.5) is 0 Å². The Morgan fingerprint density at radius 3 is 2.85 bits per heavy atom. The standard InChI is InChI=1S/C16H25N3O/c1-13-4-7-16(12-17,8-5-13)15(20)19-10-6-14-3-2-9-18-11-14/h2-3,9,11,13H,4-8,10,12,17H2,1H3,(H,19,20). The monoisotopic (exact) mass is 275 g/mol. The Morgan fingerprint density at radius 2 is 2.25 bits per heavy atom. The Labute approximate surface area is 121 Å². The van der Waals surface area contributed by atoms with Gasteiger partial charge in [0.25, 0.3) is 0 Å². The Morgan fingerprint density at radius 1 is 1.50 bits per heavy atom. The number of amides is 1. The summed E-state index contributed by atoms with van der Waals surface area (Å²) in [7, 11) is 0. The van der Waals surface area contributed by atoms with Crippen molar-refractivity contribution in [2.24, 2.45) is 17.1 Å². The second kappa shape index (κ2) is 6.84. The number of carbonyl (C=O) groups excluding carboxylic acids is 1. The van der Waals surface area contributed by atoms with Gasteiger partial charge in [-0.15, -0.1) is 0 Å². The van der Waals surface area contributed by atoms with E-state index in [0.717, 1.165) is 43.6 Å². The van der Waals surface area contributed by atoms with Crippen molar-refractivity contribution in [2.45, 2.75) is 39.0 Å². The lowest BCUT2D eigenvalue weighted by Gasteiger charge is -2.37. The van der Waals surface area contributed by atoms with Crippen molar-refractivity contribution >= 4 is 5.91 Å². The molecule has 0 saturated heterocycles. The summed E-state index contributed by atoms with van der Waals surface area (Å²) >= 11 is 0. The third-order valence-corrected chi connectivity index (χ3v) is 4.53. The molecule has 1 heterocycles. The van der Waals surface area contributed by atoms with Crippen LogP contribution in [0.2, 0.25) is 0 Å². The van der Waals surface area contributed by atoms with Gasteiger partial charge >= 0.3 is 0 Å². The summed E-state index contributed by atoms with van der Waals surface area (Å²) in [6.07, 6.45) is 8.46. The van der Waals surface area contributed by atoms with Crippen LogP contribution < -0.4 is 11.1 Å². The molecule has 0 atom stereocenters. The molecule has 0 bridgehead atoms. The van der Waals surface area contributed by atoms with Gasteiger partial charge in [0.05, 0.1) is 5.41 Å². The number of pyridine rings is 1. The lowest BCUT2D eigenvalue weighted by atomic mass is 9.70. The molecule has 1 aromatic rings. The first-order valence-electron chi connectivity index (χ1n) is 7.53. The first kappa shape index (κ1) is 15.0. The number of nitrogens with one attached hydrogen (secondary N) is 1. The molecule has 1 aliphatic rings. The molecule has 4 heteroatoms. The van der Waals surface area contributed by atoms with E-state index in [4.69, 9.17) is 5.73 Å². The topological polar surface area (TPSA) is 68.0 Å². The maximum Gasteiger partial charge on any atom is 0.227 e. The van der Waals surface area contributed by atoms with E-state index in [1.165, 1.54) is 0 Å². The number of aromatic nitrogens is 1. The SMILES string of the molecule is CC1CCC(CN)(C(=O)NCCc2cccnc2)CC1. The zero-order chi connectivity index (χ0) is 14.4. The number of nitrogens with zero attached hydrogens (tertiary/aromatic N) is 1. The van der Waals surface area contributed by atoms with Crippen molar-refractivity contribution in [3.05, 3.63) is 30.1 Å². The molecule has 1 saturated carbocycles. The van der Waals surface area contributed by atoms with Gasteiger partial charge in [-0.05, 0) is 49.7 Å². The van der Waals surface area contributed by atoms with Gasteiger partial charge in [-0.2, -0.15) is 0 Å². The summed E-state index contributed by atoms with van der Waals surface area (Å²) in [5.74, 6) is 0.855. The third-order valence-electron chi connectivity index (χ3n) is 4.53. The van der Waals surface area contributed by atoms with Gasteiger partial charge in [0.1, 0.15) is 0 Å². The molecular formula is C16H25N3O. The summed E-state index contributed by atoms with van der Waals surface area (Å²) in [5.41, 5.74) is 6.71. The number of rotatable bonds is 5. The maximum atomic E-state index is 12.4. The van der Waals surface area contributed by atoms with Gasteiger partial charge in [0.15, 0.2) is 0 Å². The molecule has 110 valence electrons. The molecule has 0 spiro atoms. The Hall–Kier alpha value is -1.42. The van der Waals surface area contributed by atoms with E-state index in [0.29, 0.717) is 13.1 Å². The highest BCUT2D eigenvalue weighted by Gasteiger charge is 2.39. The number of nitrogens with two attached hydrogens (primary N) is 1. The van der Waals surface area contributed by atoms with Crippen LogP contribution >= 0.6 is 0 Å². The van der Waals surface area contributed by atoms with Crippen LogP contribution in [0.5, 0.6) is 0 Å². The van der Waals surface area contributed by atoms with Gasteiger partial charge in [0, 0.05) is 25.5 Å². The predicted octanol–water partition coefficient (Wildman–Crippen LogP) is 1.90. The number of hydrogen-bond acceptors (Lipinski definition) is 3. The van der Waals surface area contributed by atoms with Crippen LogP contribution in [-0.4, -0.2) is 24.0 Å². The molecule has 2 rings (SSSR count). The zero-order valence-electron chi connectivity index (χ0n) is 12.3. The van der Waals surface area contributed by atoms with Crippen LogP contribution in [0.15, 0.2) is 24.5 Å². The molecular weight excluding hydrogens is 250 g/mol. The largest absolute Gasteiger partial charge is 0.355 e. The second-order valence-electron chi connectivity index (χ2n) is 6.03. The molecule has 20 heavy (non-hydrogen) atoms. The molecule has 3 N–H and O–H groups in total.